The lowest BCUT2D eigenvalue weighted by molar-refractivity contribution is -0.479. The number of aryl methyl sites for hydroxylation is 1. The van der Waals surface area contributed by atoms with Crippen LogP contribution in [0.2, 0.25) is 0 Å². The summed E-state index contributed by atoms with van der Waals surface area (Å²) in [6, 6.07) is 5.75. The number of nitro groups is 1. The zero-order valence-electron chi connectivity index (χ0n) is 8.38. The van der Waals surface area contributed by atoms with Gasteiger partial charge in [0.25, 0.3) is 0 Å². The molecule has 0 amide bonds. The molecule has 0 saturated carbocycles. The number of imidazole rings is 1. The average Bonchev–Trinajstić information content (AvgIpc) is 2.57. The first-order chi connectivity index (χ1) is 7.16. The normalized spacial score (nSPS) is 10.7. The van der Waals surface area contributed by atoms with Gasteiger partial charge in [-0.25, -0.2) is 4.98 Å². The molecule has 0 unspecified atom stereocenters. The quantitative estimate of drug-likeness (QED) is 0.562. The van der Waals surface area contributed by atoms with E-state index in [0.717, 1.165) is 16.6 Å². The van der Waals surface area contributed by atoms with Crippen LogP contribution < -0.4 is 0 Å². The average molecular weight is 205 g/mol. The van der Waals surface area contributed by atoms with Crippen molar-refractivity contribution in [2.45, 2.75) is 6.42 Å². The molecule has 0 aliphatic carbocycles. The Morgan fingerprint density at radius 3 is 3.07 bits per heavy atom. The zero-order chi connectivity index (χ0) is 10.8. The van der Waals surface area contributed by atoms with E-state index in [0.29, 0.717) is 6.42 Å². The molecule has 0 bridgehead atoms. The molecule has 1 heterocycles. The van der Waals surface area contributed by atoms with Gasteiger partial charge in [-0.2, -0.15) is 0 Å². The highest BCUT2D eigenvalue weighted by atomic mass is 16.6. The van der Waals surface area contributed by atoms with Crippen LogP contribution in [0.5, 0.6) is 0 Å². The molecule has 0 aliphatic rings. The standard InChI is InChI=1S/C10H11N3O2/c1-12-7-11-9-6-8(2-3-10(9)12)4-5-13(14)15/h2-3,6-7H,4-5H2,1H3. The van der Waals surface area contributed by atoms with Gasteiger partial charge in [-0.15, -0.1) is 0 Å². The molecule has 0 fully saturated rings. The predicted octanol–water partition coefficient (Wildman–Crippen LogP) is 1.39. The Morgan fingerprint density at radius 1 is 1.53 bits per heavy atom. The van der Waals surface area contributed by atoms with E-state index < -0.39 is 0 Å². The summed E-state index contributed by atoms with van der Waals surface area (Å²) in [6.45, 7) is -0.0294. The van der Waals surface area contributed by atoms with Crippen LogP contribution in [0.3, 0.4) is 0 Å². The Bertz CT molecular complexity index is 504. The van der Waals surface area contributed by atoms with Gasteiger partial charge in [0.1, 0.15) is 0 Å². The summed E-state index contributed by atoms with van der Waals surface area (Å²) in [5.74, 6) is 0. The second-order valence-electron chi connectivity index (χ2n) is 3.48. The highest BCUT2D eigenvalue weighted by Gasteiger charge is 2.03. The summed E-state index contributed by atoms with van der Waals surface area (Å²) in [6.07, 6.45) is 2.20. The molecule has 78 valence electrons. The van der Waals surface area contributed by atoms with Crippen LogP contribution in [0.1, 0.15) is 5.56 Å². The van der Waals surface area contributed by atoms with Gasteiger partial charge in [-0.05, 0) is 17.7 Å². The second-order valence-corrected chi connectivity index (χ2v) is 3.48. The molecule has 0 radical (unpaired) electrons. The molecule has 1 aromatic carbocycles. The van der Waals surface area contributed by atoms with Crippen LogP contribution in [0.25, 0.3) is 11.0 Å². The van der Waals surface area contributed by atoms with E-state index in [4.69, 9.17) is 0 Å². The number of rotatable bonds is 3. The monoisotopic (exact) mass is 205 g/mol. The third-order valence-corrected chi connectivity index (χ3v) is 2.37. The Hall–Kier alpha value is -1.91. The summed E-state index contributed by atoms with van der Waals surface area (Å²) >= 11 is 0. The molecule has 15 heavy (non-hydrogen) atoms. The first-order valence-electron chi connectivity index (χ1n) is 4.68. The number of hydrogen-bond acceptors (Lipinski definition) is 3. The number of fused-ring (bicyclic) bond motifs is 1. The molecule has 2 rings (SSSR count). The molecule has 0 N–H and O–H groups in total. The van der Waals surface area contributed by atoms with Gasteiger partial charge in [0.2, 0.25) is 6.54 Å². The maximum atomic E-state index is 10.2. The predicted molar refractivity (Wildman–Crippen MR) is 56.3 cm³/mol. The lowest BCUT2D eigenvalue weighted by atomic mass is 10.1. The number of aromatic nitrogens is 2. The molecule has 2 aromatic rings. The molecule has 5 heteroatoms. The van der Waals surface area contributed by atoms with Crippen molar-refractivity contribution >= 4 is 11.0 Å². The maximum absolute atomic E-state index is 10.2. The van der Waals surface area contributed by atoms with Crippen molar-refractivity contribution in [1.82, 2.24) is 9.55 Å². The minimum Gasteiger partial charge on any atom is -0.334 e. The molecule has 1 aromatic heterocycles. The first kappa shape index (κ1) is 9.64. The second kappa shape index (κ2) is 3.68. The summed E-state index contributed by atoms with van der Waals surface area (Å²) in [7, 11) is 1.92. The lowest BCUT2D eigenvalue weighted by Gasteiger charge is -1.98. The van der Waals surface area contributed by atoms with Gasteiger partial charge in [0, 0.05) is 18.4 Å². The SMILES string of the molecule is Cn1cnc2cc(CC[N+](=O)[O-])ccc21. The van der Waals surface area contributed by atoms with E-state index >= 15 is 0 Å². The van der Waals surface area contributed by atoms with E-state index in [1.807, 2.05) is 29.8 Å². The molecule has 0 saturated heterocycles. The first-order valence-corrected chi connectivity index (χ1v) is 4.68. The molecule has 5 nitrogen and oxygen atoms in total. The van der Waals surface area contributed by atoms with Gasteiger partial charge in [0.05, 0.1) is 17.4 Å². The topological polar surface area (TPSA) is 61.0 Å². The molecular formula is C10H11N3O2. The van der Waals surface area contributed by atoms with Crippen LogP contribution in [0, 0.1) is 10.1 Å². The van der Waals surface area contributed by atoms with Gasteiger partial charge in [-0.1, -0.05) is 6.07 Å². The van der Waals surface area contributed by atoms with Gasteiger partial charge in [-0.3, -0.25) is 10.1 Å². The van der Waals surface area contributed by atoms with Crippen LogP contribution in [0.4, 0.5) is 0 Å². The van der Waals surface area contributed by atoms with Crippen molar-refractivity contribution in [1.29, 1.82) is 0 Å². The number of nitrogens with zero attached hydrogens (tertiary/aromatic N) is 3. The minimum atomic E-state index is -0.303. The fourth-order valence-electron chi connectivity index (χ4n) is 1.56. The van der Waals surface area contributed by atoms with Crippen molar-refractivity contribution in [2.24, 2.45) is 7.05 Å². The van der Waals surface area contributed by atoms with Crippen molar-refractivity contribution in [3.8, 4) is 0 Å². The van der Waals surface area contributed by atoms with E-state index in [-0.39, 0.29) is 11.5 Å². The third-order valence-electron chi connectivity index (χ3n) is 2.37. The fourth-order valence-corrected chi connectivity index (χ4v) is 1.56. The third kappa shape index (κ3) is 1.96. The lowest BCUT2D eigenvalue weighted by Crippen LogP contribution is -2.03. The summed E-state index contributed by atoms with van der Waals surface area (Å²) in [5.41, 5.74) is 2.89. The maximum Gasteiger partial charge on any atom is 0.207 e. The molecule has 0 spiro atoms. The smallest absolute Gasteiger partial charge is 0.207 e. The Kier molecular flexibility index (Phi) is 2.37. The number of hydrogen-bond donors (Lipinski definition) is 0. The van der Waals surface area contributed by atoms with Crippen LogP contribution >= 0.6 is 0 Å². The van der Waals surface area contributed by atoms with Crippen molar-refractivity contribution < 1.29 is 4.92 Å². The summed E-state index contributed by atoms with van der Waals surface area (Å²) in [5, 5.41) is 10.2. The van der Waals surface area contributed by atoms with E-state index in [9.17, 15) is 10.1 Å². The Balaban J connectivity index is 2.27. The summed E-state index contributed by atoms with van der Waals surface area (Å²) < 4.78 is 1.92. The van der Waals surface area contributed by atoms with Crippen LogP contribution in [0.15, 0.2) is 24.5 Å². The molecule has 0 aliphatic heterocycles. The van der Waals surface area contributed by atoms with Crippen molar-refractivity contribution in [3.05, 3.63) is 40.2 Å². The van der Waals surface area contributed by atoms with Gasteiger partial charge >= 0.3 is 0 Å². The van der Waals surface area contributed by atoms with Gasteiger partial charge in [0.15, 0.2) is 0 Å². The Morgan fingerprint density at radius 2 is 2.33 bits per heavy atom. The van der Waals surface area contributed by atoms with Crippen LogP contribution in [-0.4, -0.2) is 21.0 Å². The van der Waals surface area contributed by atoms with E-state index in [1.165, 1.54) is 0 Å². The molecule has 0 atom stereocenters. The zero-order valence-corrected chi connectivity index (χ0v) is 8.38. The Labute approximate surface area is 86.5 Å². The van der Waals surface area contributed by atoms with Crippen molar-refractivity contribution in [3.63, 3.8) is 0 Å². The summed E-state index contributed by atoms with van der Waals surface area (Å²) in [4.78, 5) is 14.1. The van der Waals surface area contributed by atoms with Crippen LogP contribution in [-0.2, 0) is 13.5 Å². The number of benzene rings is 1. The van der Waals surface area contributed by atoms with E-state index in [2.05, 4.69) is 4.98 Å². The fraction of sp³-hybridized carbons (Fsp3) is 0.300. The van der Waals surface area contributed by atoms with E-state index in [1.54, 1.807) is 6.33 Å². The highest BCUT2D eigenvalue weighted by molar-refractivity contribution is 5.75. The largest absolute Gasteiger partial charge is 0.334 e. The minimum absolute atomic E-state index is 0.0294. The highest BCUT2D eigenvalue weighted by Crippen LogP contribution is 2.14. The van der Waals surface area contributed by atoms with Crippen molar-refractivity contribution in [2.75, 3.05) is 6.54 Å². The van der Waals surface area contributed by atoms with Gasteiger partial charge < -0.3 is 4.57 Å². The molecular weight excluding hydrogens is 194 g/mol.